The van der Waals surface area contributed by atoms with E-state index in [1.165, 1.54) is 6.92 Å². The number of phenols is 1. The molecule has 118 valence electrons. The van der Waals surface area contributed by atoms with E-state index in [1.54, 1.807) is 35.3 Å². The predicted molar refractivity (Wildman–Crippen MR) is 76.6 cm³/mol. The molecule has 2 amide bonds. The fourth-order valence-electron chi connectivity index (χ4n) is 1.89. The first-order valence-corrected chi connectivity index (χ1v) is 6.36. The van der Waals surface area contributed by atoms with Crippen molar-refractivity contribution in [1.29, 1.82) is 0 Å². The maximum atomic E-state index is 11.9. The number of aryl methyl sites for hydroxylation is 1. The van der Waals surface area contributed by atoms with Crippen molar-refractivity contribution in [3.8, 4) is 5.75 Å². The lowest BCUT2D eigenvalue weighted by atomic mass is 10.2. The number of anilines is 2. The van der Waals surface area contributed by atoms with Gasteiger partial charge in [0.2, 0.25) is 12.2 Å². The van der Waals surface area contributed by atoms with Crippen molar-refractivity contribution in [2.45, 2.75) is 13.5 Å². The number of hydrogen-bond donors (Lipinski definition) is 3. The lowest BCUT2D eigenvalue weighted by molar-refractivity contribution is -0.671. The molecule has 0 bridgehead atoms. The fraction of sp³-hybridized carbons (Fsp3) is 0.214. The number of para-hydroxylation sites is 1. The van der Waals surface area contributed by atoms with E-state index in [-0.39, 0.29) is 47.9 Å². The van der Waals surface area contributed by atoms with Crippen LogP contribution >= 0.6 is 0 Å². The van der Waals surface area contributed by atoms with Crippen LogP contribution in [0.1, 0.15) is 6.92 Å². The molecule has 1 heterocycles. The predicted octanol–water partition coefficient (Wildman–Crippen LogP) is -2.38. The summed E-state index contributed by atoms with van der Waals surface area (Å²) in [6.45, 7) is 1.47. The third kappa shape index (κ3) is 4.49. The average Bonchev–Trinajstić information content (AvgIpc) is 2.79. The molecule has 8 heteroatoms. The molecule has 0 aliphatic rings. The number of nitrogens with one attached hydrogen (secondary N) is 2. The van der Waals surface area contributed by atoms with Crippen LogP contribution in [0, 0.1) is 0 Å². The van der Waals surface area contributed by atoms with Gasteiger partial charge in [-0.15, -0.1) is 0 Å². The molecule has 3 N–H and O–H groups in total. The molecule has 2 rings (SSSR count). The minimum atomic E-state index is -0.298. The smallest absolute Gasteiger partial charge is 0.266 e. The van der Waals surface area contributed by atoms with Crippen molar-refractivity contribution in [2.24, 2.45) is 7.05 Å². The topological polar surface area (TPSA) is 87.2 Å². The molecular weight excluding hydrogens is 308 g/mol. The Morgan fingerprint density at radius 3 is 2.45 bits per heavy atom. The largest absolute Gasteiger partial charge is 1.00 e. The minimum Gasteiger partial charge on any atom is -1.00 e. The van der Waals surface area contributed by atoms with Crippen molar-refractivity contribution in [3.05, 3.63) is 36.9 Å². The Morgan fingerprint density at radius 1 is 1.27 bits per heavy atom. The summed E-state index contributed by atoms with van der Waals surface area (Å²) in [4.78, 5) is 23.0. The number of rotatable bonds is 4. The minimum absolute atomic E-state index is 0. The molecule has 7 nitrogen and oxygen atoms in total. The molecule has 22 heavy (non-hydrogen) atoms. The normalized spacial score (nSPS) is 9.73. The van der Waals surface area contributed by atoms with Gasteiger partial charge in [0.05, 0.1) is 18.4 Å². The van der Waals surface area contributed by atoms with Gasteiger partial charge in [-0.2, -0.15) is 0 Å². The molecule has 0 aliphatic carbocycles. The Balaban J connectivity index is 0.00000242. The SMILES string of the molecule is CC(=O)Nc1cccc(NC(=O)Cn2cc[n+](C)c2)c1O.[Cl-]. The molecule has 0 saturated heterocycles. The number of benzene rings is 1. The number of imidazole rings is 1. The molecule has 0 spiro atoms. The van der Waals surface area contributed by atoms with Crippen LogP contribution in [-0.4, -0.2) is 21.5 Å². The second-order valence-corrected chi connectivity index (χ2v) is 4.68. The zero-order valence-corrected chi connectivity index (χ0v) is 13.0. The molecule has 1 aromatic heterocycles. The molecule has 0 unspecified atom stereocenters. The third-order valence-corrected chi connectivity index (χ3v) is 2.77. The summed E-state index contributed by atoms with van der Waals surface area (Å²) in [6, 6.07) is 4.75. The van der Waals surface area contributed by atoms with E-state index in [0.29, 0.717) is 0 Å². The van der Waals surface area contributed by atoms with E-state index in [2.05, 4.69) is 10.6 Å². The molecule has 0 aliphatic heterocycles. The van der Waals surface area contributed by atoms with Gasteiger partial charge in [-0.1, -0.05) is 6.07 Å². The summed E-state index contributed by atoms with van der Waals surface area (Å²) in [5.74, 6) is -0.741. The van der Waals surface area contributed by atoms with Crippen LogP contribution in [0.3, 0.4) is 0 Å². The monoisotopic (exact) mass is 324 g/mol. The van der Waals surface area contributed by atoms with E-state index in [4.69, 9.17) is 0 Å². The zero-order valence-electron chi connectivity index (χ0n) is 12.2. The maximum Gasteiger partial charge on any atom is 0.266 e. The molecule has 0 saturated carbocycles. The summed E-state index contributed by atoms with van der Waals surface area (Å²) in [7, 11) is 1.86. The molecule has 0 fully saturated rings. The number of hydrogen-bond acceptors (Lipinski definition) is 3. The zero-order chi connectivity index (χ0) is 15.4. The van der Waals surface area contributed by atoms with E-state index >= 15 is 0 Å². The summed E-state index contributed by atoms with van der Waals surface area (Å²) in [6.07, 6.45) is 5.36. The van der Waals surface area contributed by atoms with Gasteiger partial charge >= 0.3 is 0 Å². The van der Waals surface area contributed by atoms with Gasteiger partial charge in [0.1, 0.15) is 12.4 Å². The van der Waals surface area contributed by atoms with Crippen LogP contribution in [0.15, 0.2) is 36.9 Å². The Labute approximate surface area is 134 Å². The molecule has 0 radical (unpaired) electrons. The van der Waals surface area contributed by atoms with Gasteiger partial charge < -0.3 is 28.1 Å². The maximum absolute atomic E-state index is 11.9. The van der Waals surface area contributed by atoms with Gasteiger partial charge in [-0.3, -0.25) is 9.59 Å². The summed E-state index contributed by atoms with van der Waals surface area (Å²) in [5, 5.41) is 15.1. The number of halogens is 1. The standard InChI is InChI=1S/C14H16N4O3.ClH/c1-10(19)15-11-4-3-5-12(14(11)21)16-13(20)8-18-7-6-17(2)9-18;/h3-7,9H,8H2,1-2H3,(H2-,15,16,19,20,21);1H. The Bertz CT molecular complexity index is 684. The van der Waals surface area contributed by atoms with Crippen molar-refractivity contribution < 1.29 is 31.7 Å². The van der Waals surface area contributed by atoms with Gasteiger partial charge in [0.25, 0.3) is 5.91 Å². The highest BCUT2D eigenvalue weighted by Gasteiger charge is 2.13. The Morgan fingerprint density at radius 2 is 1.91 bits per heavy atom. The van der Waals surface area contributed by atoms with Crippen LogP contribution in [0.25, 0.3) is 0 Å². The number of amides is 2. The Kier molecular flexibility index (Phi) is 5.94. The fourth-order valence-corrected chi connectivity index (χ4v) is 1.89. The second kappa shape index (κ2) is 7.46. The summed E-state index contributed by atoms with van der Waals surface area (Å²) in [5.41, 5.74) is 0.510. The van der Waals surface area contributed by atoms with Gasteiger partial charge in [-0.05, 0) is 12.1 Å². The van der Waals surface area contributed by atoms with Crippen molar-refractivity contribution in [1.82, 2.24) is 4.57 Å². The van der Waals surface area contributed by atoms with Gasteiger partial charge in [-0.25, -0.2) is 9.13 Å². The number of phenolic OH excluding ortho intramolecular Hbond substituents is 1. The van der Waals surface area contributed by atoms with Gasteiger partial charge in [0.15, 0.2) is 12.3 Å². The Hall–Kier alpha value is -2.54. The van der Waals surface area contributed by atoms with Crippen molar-refractivity contribution in [2.75, 3.05) is 10.6 Å². The van der Waals surface area contributed by atoms with Crippen LogP contribution in [0.4, 0.5) is 11.4 Å². The number of carbonyl (C=O) groups is 2. The second-order valence-electron chi connectivity index (χ2n) is 4.68. The number of aromatic hydroxyl groups is 1. The highest BCUT2D eigenvalue weighted by molar-refractivity contribution is 5.96. The van der Waals surface area contributed by atoms with Crippen LogP contribution in [-0.2, 0) is 23.2 Å². The van der Waals surface area contributed by atoms with Gasteiger partial charge in [0, 0.05) is 6.92 Å². The number of aromatic nitrogens is 2. The first kappa shape index (κ1) is 17.5. The van der Waals surface area contributed by atoms with E-state index in [1.807, 2.05) is 17.8 Å². The molecular formula is C14H17ClN4O3. The third-order valence-electron chi connectivity index (χ3n) is 2.77. The highest BCUT2D eigenvalue weighted by Crippen LogP contribution is 2.31. The van der Waals surface area contributed by atoms with Crippen LogP contribution in [0.2, 0.25) is 0 Å². The van der Waals surface area contributed by atoms with E-state index < -0.39 is 0 Å². The highest BCUT2D eigenvalue weighted by atomic mass is 35.5. The van der Waals surface area contributed by atoms with Crippen molar-refractivity contribution in [3.63, 3.8) is 0 Å². The van der Waals surface area contributed by atoms with Crippen LogP contribution in [0.5, 0.6) is 5.75 Å². The van der Waals surface area contributed by atoms with Crippen LogP contribution < -0.4 is 27.6 Å². The average molecular weight is 325 g/mol. The molecule has 0 atom stereocenters. The first-order chi connectivity index (χ1) is 9.95. The van der Waals surface area contributed by atoms with Crippen molar-refractivity contribution >= 4 is 23.2 Å². The molecule has 2 aromatic rings. The quantitative estimate of drug-likeness (QED) is 0.433. The number of carbonyl (C=O) groups excluding carboxylic acids is 2. The lowest BCUT2D eigenvalue weighted by Crippen LogP contribution is -3.00. The molecule has 1 aromatic carbocycles. The summed E-state index contributed by atoms with van der Waals surface area (Å²) < 4.78 is 3.53. The van der Waals surface area contributed by atoms with E-state index in [9.17, 15) is 14.7 Å². The van der Waals surface area contributed by atoms with E-state index in [0.717, 1.165) is 0 Å². The summed E-state index contributed by atoms with van der Waals surface area (Å²) >= 11 is 0. The lowest BCUT2D eigenvalue weighted by Gasteiger charge is -2.10. The first-order valence-electron chi connectivity index (χ1n) is 6.36. The number of nitrogens with zero attached hydrogens (tertiary/aromatic N) is 2.